The van der Waals surface area contributed by atoms with Gasteiger partial charge in [-0.05, 0) is 29.3 Å². The van der Waals surface area contributed by atoms with Crippen molar-refractivity contribution in [2.75, 3.05) is 31.2 Å². The highest BCUT2D eigenvalue weighted by Crippen LogP contribution is 2.48. The Morgan fingerprint density at radius 2 is 1.91 bits per heavy atom. The van der Waals surface area contributed by atoms with E-state index in [1.807, 2.05) is 31.2 Å². The lowest BCUT2D eigenvalue weighted by molar-refractivity contribution is 0.0942. The quantitative estimate of drug-likeness (QED) is 0.815. The zero-order valence-electron chi connectivity index (χ0n) is 12.9. The molecule has 2 heterocycles. The zero-order valence-corrected chi connectivity index (χ0v) is 14.5. The van der Waals surface area contributed by atoms with Crippen molar-refractivity contribution in [2.24, 2.45) is 5.92 Å². The van der Waals surface area contributed by atoms with Gasteiger partial charge in [-0.25, -0.2) is 0 Å². The lowest BCUT2D eigenvalue weighted by Gasteiger charge is -2.27. The van der Waals surface area contributed by atoms with Gasteiger partial charge in [0.25, 0.3) is 0 Å². The summed E-state index contributed by atoms with van der Waals surface area (Å²) < 4.78 is 5.42. The van der Waals surface area contributed by atoms with E-state index in [4.69, 9.17) is 16.3 Å². The van der Waals surface area contributed by atoms with E-state index in [-0.39, 0.29) is 17.6 Å². The van der Waals surface area contributed by atoms with Gasteiger partial charge in [-0.1, -0.05) is 30.7 Å². The maximum Gasteiger partial charge on any atom is 0.176 e. The minimum absolute atomic E-state index is 0.00355. The monoisotopic (exact) mass is 347 g/mol. The molecule has 1 aromatic carbocycles. The van der Waals surface area contributed by atoms with Crippen LogP contribution in [0.3, 0.4) is 0 Å². The second-order valence-electron chi connectivity index (χ2n) is 6.15. The first-order valence-electron chi connectivity index (χ1n) is 7.91. The van der Waals surface area contributed by atoms with Crippen LogP contribution in [0.4, 0.5) is 5.00 Å². The Morgan fingerprint density at radius 3 is 2.61 bits per heavy atom. The Hall–Kier alpha value is -1.36. The Morgan fingerprint density at radius 1 is 1.22 bits per heavy atom. The summed E-state index contributed by atoms with van der Waals surface area (Å²) in [6, 6.07) is 10.1. The molecule has 5 heteroatoms. The molecule has 0 radical (unpaired) electrons. The number of nitrogens with zero attached hydrogens (tertiary/aromatic N) is 1. The molecule has 1 fully saturated rings. The fourth-order valence-electron chi connectivity index (χ4n) is 3.52. The smallest absolute Gasteiger partial charge is 0.176 e. The molecule has 2 atom stereocenters. The summed E-state index contributed by atoms with van der Waals surface area (Å²) >= 11 is 7.64. The molecule has 0 amide bonds. The predicted molar refractivity (Wildman–Crippen MR) is 94.1 cm³/mol. The number of anilines is 1. The van der Waals surface area contributed by atoms with Crippen molar-refractivity contribution in [2.45, 2.75) is 12.8 Å². The molecule has 2 unspecified atom stereocenters. The van der Waals surface area contributed by atoms with Gasteiger partial charge in [0.05, 0.1) is 23.1 Å². The number of carbonyl (C=O) groups is 1. The van der Waals surface area contributed by atoms with Crippen molar-refractivity contribution in [1.29, 1.82) is 0 Å². The summed E-state index contributed by atoms with van der Waals surface area (Å²) in [5.41, 5.74) is 2.34. The maximum absolute atomic E-state index is 12.7. The van der Waals surface area contributed by atoms with Gasteiger partial charge in [0, 0.05) is 29.9 Å². The maximum atomic E-state index is 12.7. The van der Waals surface area contributed by atoms with Crippen molar-refractivity contribution >= 4 is 33.7 Å². The summed E-state index contributed by atoms with van der Waals surface area (Å²) in [6.07, 6.45) is 0. The number of carbonyl (C=O) groups excluding carboxylic acids is 1. The van der Waals surface area contributed by atoms with Gasteiger partial charge in [-0.15, -0.1) is 11.3 Å². The van der Waals surface area contributed by atoms with Crippen LogP contribution in [0.25, 0.3) is 0 Å². The topological polar surface area (TPSA) is 29.5 Å². The molecule has 0 saturated carbocycles. The number of fused-ring (bicyclic) bond motifs is 1. The van der Waals surface area contributed by atoms with Crippen LogP contribution in [0, 0.1) is 5.92 Å². The number of ketones is 1. The number of morpholine rings is 1. The highest BCUT2D eigenvalue weighted by atomic mass is 35.5. The van der Waals surface area contributed by atoms with Gasteiger partial charge >= 0.3 is 0 Å². The number of thiophene rings is 1. The van der Waals surface area contributed by atoms with Gasteiger partial charge in [0.1, 0.15) is 0 Å². The van der Waals surface area contributed by atoms with E-state index >= 15 is 0 Å². The first kappa shape index (κ1) is 15.2. The molecule has 3 nitrogen and oxygen atoms in total. The molecule has 120 valence electrons. The van der Waals surface area contributed by atoms with Crippen molar-refractivity contribution in [1.82, 2.24) is 0 Å². The van der Waals surface area contributed by atoms with Gasteiger partial charge in [0.2, 0.25) is 0 Å². The van der Waals surface area contributed by atoms with E-state index in [0.717, 1.165) is 36.2 Å². The number of rotatable bonds is 2. The molecule has 23 heavy (non-hydrogen) atoms. The van der Waals surface area contributed by atoms with Crippen LogP contribution in [0.2, 0.25) is 5.02 Å². The van der Waals surface area contributed by atoms with E-state index in [1.165, 1.54) is 16.1 Å². The number of Topliss-reactive ketones (excluding diaryl/α,β-unsaturated/α-hetero) is 1. The van der Waals surface area contributed by atoms with Crippen LogP contribution in [-0.2, 0) is 4.74 Å². The average Bonchev–Trinajstić information content (AvgIpc) is 3.10. The fourth-order valence-corrected chi connectivity index (χ4v) is 4.94. The summed E-state index contributed by atoms with van der Waals surface area (Å²) in [4.78, 5) is 15.9. The molecule has 1 saturated heterocycles. The van der Waals surface area contributed by atoms with Crippen LogP contribution in [0.1, 0.15) is 33.6 Å². The Balaban J connectivity index is 1.72. The molecular formula is C18H18ClNO2S. The standard InChI is InChI=1S/C18H18ClNO2S/c1-11-16(12-2-4-13(19)5-3-12)14-10-15(23-18(14)17(11)21)20-6-8-22-9-7-20/h2-5,10-11,16H,6-9H2,1H3. The highest BCUT2D eigenvalue weighted by Gasteiger charge is 2.40. The van der Waals surface area contributed by atoms with E-state index < -0.39 is 0 Å². The number of ether oxygens (including phenoxy) is 1. The molecule has 2 aromatic rings. The highest BCUT2D eigenvalue weighted by molar-refractivity contribution is 7.18. The predicted octanol–water partition coefficient (Wildman–Crippen LogP) is 4.20. The molecule has 0 bridgehead atoms. The van der Waals surface area contributed by atoms with E-state index in [0.29, 0.717) is 0 Å². The van der Waals surface area contributed by atoms with Crippen molar-refractivity contribution < 1.29 is 9.53 Å². The normalized spacial score (nSPS) is 24.1. The molecule has 1 aromatic heterocycles. The summed E-state index contributed by atoms with van der Waals surface area (Å²) in [6.45, 7) is 5.34. The molecule has 1 aliphatic heterocycles. The second-order valence-corrected chi connectivity index (χ2v) is 7.62. The minimum atomic E-state index is -0.00355. The number of benzene rings is 1. The zero-order chi connectivity index (χ0) is 16.0. The molecule has 1 aliphatic carbocycles. The van der Waals surface area contributed by atoms with Crippen molar-refractivity contribution in [3.8, 4) is 0 Å². The molecule has 2 aliphatic rings. The van der Waals surface area contributed by atoms with Gasteiger partial charge in [-0.2, -0.15) is 0 Å². The van der Waals surface area contributed by atoms with Gasteiger partial charge in [-0.3, -0.25) is 4.79 Å². The van der Waals surface area contributed by atoms with Gasteiger partial charge in [0.15, 0.2) is 5.78 Å². The van der Waals surface area contributed by atoms with Crippen molar-refractivity contribution in [3.05, 3.63) is 51.4 Å². The number of hydrogen-bond donors (Lipinski definition) is 0. The minimum Gasteiger partial charge on any atom is -0.378 e. The Bertz CT molecular complexity index is 734. The first-order valence-corrected chi connectivity index (χ1v) is 9.10. The lowest BCUT2D eigenvalue weighted by atomic mass is 9.87. The van der Waals surface area contributed by atoms with Crippen molar-refractivity contribution in [3.63, 3.8) is 0 Å². The third-order valence-electron chi connectivity index (χ3n) is 4.77. The Labute approximate surface area is 144 Å². The average molecular weight is 348 g/mol. The molecule has 0 N–H and O–H groups in total. The largest absolute Gasteiger partial charge is 0.378 e. The van der Waals surface area contributed by atoms with Gasteiger partial charge < -0.3 is 9.64 Å². The summed E-state index contributed by atoms with van der Waals surface area (Å²) in [5, 5.41) is 1.92. The van der Waals surface area contributed by atoms with E-state index in [2.05, 4.69) is 11.0 Å². The lowest BCUT2D eigenvalue weighted by Crippen LogP contribution is -2.35. The Kier molecular flexibility index (Phi) is 3.92. The molecule has 0 spiro atoms. The summed E-state index contributed by atoms with van der Waals surface area (Å²) in [7, 11) is 0. The second kappa shape index (κ2) is 5.93. The third-order valence-corrected chi connectivity index (χ3v) is 6.25. The van der Waals surface area contributed by atoms with E-state index in [1.54, 1.807) is 11.3 Å². The fraction of sp³-hybridized carbons (Fsp3) is 0.389. The summed E-state index contributed by atoms with van der Waals surface area (Å²) in [5.74, 6) is 0.404. The number of hydrogen-bond acceptors (Lipinski definition) is 4. The van der Waals surface area contributed by atoms with Crippen LogP contribution in [0.5, 0.6) is 0 Å². The van der Waals surface area contributed by atoms with E-state index in [9.17, 15) is 4.79 Å². The van der Waals surface area contributed by atoms with Crippen LogP contribution >= 0.6 is 22.9 Å². The van der Waals surface area contributed by atoms with Crippen LogP contribution < -0.4 is 4.90 Å². The molecular weight excluding hydrogens is 330 g/mol. The number of halogens is 1. The first-order chi connectivity index (χ1) is 11.1. The third kappa shape index (κ3) is 2.59. The SMILES string of the molecule is CC1C(=O)c2sc(N3CCOCC3)cc2C1c1ccc(Cl)cc1. The van der Waals surface area contributed by atoms with Crippen LogP contribution in [-0.4, -0.2) is 32.1 Å². The van der Waals surface area contributed by atoms with Crippen LogP contribution in [0.15, 0.2) is 30.3 Å². The molecule has 4 rings (SSSR count).